The highest BCUT2D eigenvalue weighted by atomic mass is 19.1. The van der Waals surface area contributed by atoms with Crippen LogP contribution in [0, 0.1) is 17.6 Å². The fourth-order valence-electron chi connectivity index (χ4n) is 7.71. The van der Waals surface area contributed by atoms with Gasteiger partial charge in [0.05, 0.1) is 48.0 Å². The molecule has 3 aliphatic heterocycles. The number of carboxylic acids is 1. The minimum Gasteiger partial charge on any atom is -0.492 e. The molecule has 0 radical (unpaired) electrons. The number of carbonyl (C=O) groups is 4. The molecule has 0 unspecified atom stereocenters. The third-order valence-corrected chi connectivity index (χ3v) is 10.1. The number of nitrogens with zero attached hydrogens (tertiary/aromatic N) is 7. The van der Waals surface area contributed by atoms with Crippen molar-refractivity contribution in [3.05, 3.63) is 75.3 Å². The number of hydrogen-bond donors (Lipinski definition) is 1. The molecule has 16 heteroatoms. The number of piperidine rings is 1. The van der Waals surface area contributed by atoms with Crippen molar-refractivity contribution in [2.24, 2.45) is 5.92 Å². The standard InChI is InChI=1S/C34H31F2N7O7/c1-50-32-28-22(30(45)23(34(48)49)14-42(28)20-5-6-20)10-24(36)29(32)39-11-17-3-2-8-41(26(17)15-39)27(44)16-40-12-19(37-38-40)13-43-25-7-4-18(35)9-21(25)31(46)33(43)47/h4,7,9-10,12,14,17,20,26H,2-3,5-6,8,11,13,15-16H2,1H3,(H,48,49)/t17-,26+/m1/s1. The smallest absolute Gasteiger partial charge is 0.341 e. The summed E-state index contributed by atoms with van der Waals surface area (Å²) in [6.45, 7) is 1.01. The van der Waals surface area contributed by atoms with E-state index in [1.165, 1.54) is 35.2 Å². The summed E-state index contributed by atoms with van der Waals surface area (Å²) in [6, 6.07) is 4.36. The number of Topliss-reactive ketones (excluding diaryl/α,β-unsaturated/α-hetero) is 1. The van der Waals surface area contributed by atoms with Gasteiger partial charge in [-0.1, -0.05) is 5.21 Å². The van der Waals surface area contributed by atoms with E-state index in [4.69, 9.17) is 4.74 Å². The Bertz CT molecular complexity index is 2200. The number of carboxylic acid groups (broad SMARTS) is 1. The van der Waals surface area contributed by atoms with Crippen LogP contribution in [0.15, 0.2) is 41.5 Å². The molecule has 0 spiro atoms. The van der Waals surface area contributed by atoms with Gasteiger partial charge in [-0.2, -0.15) is 0 Å². The Balaban J connectivity index is 1.03. The first kappa shape index (κ1) is 31.6. The molecular weight excluding hydrogens is 656 g/mol. The average molecular weight is 688 g/mol. The Morgan fingerprint density at radius 3 is 2.60 bits per heavy atom. The van der Waals surface area contributed by atoms with Gasteiger partial charge >= 0.3 is 5.97 Å². The monoisotopic (exact) mass is 687 g/mol. The van der Waals surface area contributed by atoms with Gasteiger partial charge in [-0.15, -0.1) is 5.10 Å². The Hall–Kier alpha value is -5.67. The number of benzene rings is 2. The Kier molecular flexibility index (Phi) is 7.42. The molecule has 14 nitrogen and oxygen atoms in total. The molecule has 4 aliphatic rings. The Morgan fingerprint density at radius 2 is 1.86 bits per heavy atom. The van der Waals surface area contributed by atoms with Crippen molar-refractivity contribution in [1.82, 2.24) is 24.5 Å². The zero-order valence-corrected chi connectivity index (χ0v) is 26.8. The van der Waals surface area contributed by atoms with Crippen molar-refractivity contribution in [3.8, 4) is 5.75 Å². The van der Waals surface area contributed by atoms with Crippen molar-refractivity contribution in [2.45, 2.75) is 50.9 Å². The second-order valence-corrected chi connectivity index (χ2v) is 13.2. The van der Waals surface area contributed by atoms with Crippen LogP contribution in [0.5, 0.6) is 5.75 Å². The minimum absolute atomic E-state index is 0.0198. The van der Waals surface area contributed by atoms with Crippen LogP contribution in [0.25, 0.3) is 10.9 Å². The quantitative estimate of drug-likeness (QED) is 0.273. The molecule has 258 valence electrons. The lowest BCUT2D eigenvalue weighted by Crippen LogP contribution is -2.49. The first-order valence-electron chi connectivity index (χ1n) is 16.3. The predicted octanol–water partition coefficient (Wildman–Crippen LogP) is 2.77. The van der Waals surface area contributed by atoms with Crippen LogP contribution in [-0.2, 0) is 22.7 Å². The van der Waals surface area contributed by atoms with Crippen molar-refractivity contribution in [3.63, 3.8) is 0 Å². The molecule has 5 heterocycles. The number of pyridine rings is 1. The second-order valence-electron chi connectivity index (χ2n) is 13.2. The number of anilines is 2. The molecule has 1 saturated carbocycles. The number of rotatable bonds is 8. The highest BCUT2D eigenvalue weighted by Gasteiger charge is 2.43. The molecule has 4 aromatic rings. The van der Waals surface area contributed by atoms with Crippen LogP contribution >= 0.6 is 0 Å². The summed E-state index contributed by atoms with van der Waals surface area (Å²) in [6.07, 6.45) is 5.97. The van der Waals surface area contributed by atoms with Gasteiger partial charge in [-0.05, 0) is 55.9 Å². The summed E-state index contributed by atoms with van der Waals surface area (Å²) in [7, 11) is 1.39. The molecule has 1 aliphatic carbocycles. The molecule has 0 bridgehead atoms. The summed E-state index contributed by atoms with van der Waals surface area (Å²) in [5.41, 5.74) is -0.108. The van der Waals surface area contributed by atoms with E-state index in [0.717, 1.165) is 43.9 Å². The lowest BCUT2D eigenvalue weighted by atomic mass is 9.92. The number of likely N-dealkylation sites (tertiary alicyclic amines) is 1. The van der Waals surface area contributed by atoms with Crippen molar-refractivity contribution >= 4 is 45.8 Å². The van der Waals surface area contributed by atoms with Crippen molar-refractivity contribution in [1.29, 1.82) is 0 Å². The molecule has 2 aromatic heterocycles. The number of methoxy groups -OCH3 is 1. The van der Waals surface area contributed by atoms with Gasteiger partial charge in [-0.25, -0.2) is 18.3 Å². The fourth-order valence-corrected chi connectivity index (χ4v) is 7.71. The third-order valence-electron chi connectivity index (χ3n) is 10.1. The number of ketones is 1. The summed E-state index contributed by atoms with van der Waals surface area (Å²) >= 11 is 0. The number of halogens is 2. The number of ether oxygens (including phenoxy) is 1. The maximum Gasteiger partial charge on any atom is 0.341 e. The second kappa shape index (κ2) is 11.7. The number of aromatic carboxylic acids is 1. The number of amides is 2. The molecule has 1 N–H and O–H groups in total. The molecule has 2 atom stereocenters. The van der Waals surface area contributed by atoms with E-state index in [2.05, 4.69) is 10.3 Å². The van der Waals surface area contributed by atoms with E-state index in [0.29, 0.717) is 30.8 Å². The summed E-state index contributed by atoms with van der Waals surface area (Å²) < 4.78 is 38.5. The van der Waals surface area contributed by atoms with E-state index < -0.39 is 40.3 Å². The van der Waals surface area contributed by atoms with Crippen molar-refractivity contribution < 1.29 is 37.8 Å². The van der Waals surface area contributed by atoms with E-state index >= 15 is 4.39 Å². The zero-order chi connectivity index (χ0) is 35.0. The molecule has 3 fully saturated rings. The highest BCUT2D eigenvalue weighted by Crippen LogP contribution is 2.45. The van der Waals surface area contributed by atoms with Gasteiger partial charge in [0.2, 0.25) is 11.3 Å². The van der Waals surface area contributed by atoms with Crippen LogP contribution in [0.4, 0.5) is 20.2 Å². The van der Waals surface area contributed by atoms with Gasteiger partial charge in [0, 0.05) is 31.9 Å². The zero-order valence-electron chi connectivity index (χ0n) is 26.8. The number of hydrogen-bond acceptors (Lipinski definition) is 9. The first-order chi connectivity index (χ1) is 24.0. The normalized spacial score (nSPS) is 20.1. The minimum atomic E-state index is -1.38. The SMILES string of the molecule is COc1c(N2C[C@H]3CCCN(C(=O)Cn4cc(CN5C(=O)C(=O)c6cc(F)ccc65)nn4)[C@H]3C2)c(F)cc2c(=O)c(C(=O)O)cn(C3CC3)c12. The third kappa shape index (κ3) is 5.08. The van der Waals surface area contributed by atoms with E-state index in [9.17, 15) is 33.5 Å². The summed E-state index contributed by atoms with van der Waals surface area (Å²) in [5, 5.41) is 17.7. The molecule has 2 saturated heterocycles. The molecule has 50 heavy (non-hydrogen) atoms. The van der Waals surface area contributed by atoms with Gasteiger partial charge in [-0.3, -0.25) is 24.1 Å². The molecular formula is C34H31F2N7O7. The molecule has 2 amide bonds. The Morgan fingerprint density at radius 1 is 1.06 bits per heavy atom. The average Bonchev–Trinajstić information content (AvgIpc) is 3.62. The maximum atomic E-state index is 16.0. The van der Waals surface area contributed by atoms with Gasteiger partial charge in [0.25, 0.3) is 11.7 Å². The van der Waals surface area contributed by atoms with E-state index in [-0.39, 0.29) is 65.1 Å². The number of aromatic nitrogens is 4. The molecule has 8 rings (SSSR count). The van der Waals surface area contributed by atoms with E-state index in [1.54, 1.807) is 9.47 Å². The summed E-state index contributed by atoms with van der Waals surface area (Å²) in [4.78, 5) is 68.5. The largest absolute Gasteiger partial charge is 0.492 e. The lowest BCUT2D eigenvalue weighted by Gasteiger charge is -2.36. The van der Waals surface area contributed by atoms with Crippen LogP contribution < -0.4 is 20.0 Å². The van der Waals surface area contributed by atoms with Gasteiger partial charge < -0.3 is 24.2 Å². The number of fused-ring (bicyclic) bond motifs is 3. The van der Waals surface area contributed by atoms with Crippen LogP contribution in [-0.4, -0.2) is 85.9 Å². The molecule has 2 aromatic carbocycles. The Labute approximate surface area is 282 Å². The van der Waals surface area contributed by atoms with Gasteiger partial charge in [0.1, 0.15) is 29.3 Å². The van der Waals surface area contributed by atoms with Crippen LogP contribution in [0.2, 0.25) is 0 Å². The fraction of sp³-hybridized carbons (Fsp3) is 0.382. The summed E-state index contributed by atoms with van der Waals surface area (Å²) in [5.74, 6) is -4.37. The van der Waals surface area contributed by atoms with Crippen molar-refractivity contribution in [2.75, 3.05) is 36.5 Å². The topological polar surface area (TPSA) is 160 Å². The highest BCUT2D eigenvalue weighted by molar-refractivity contribution is 6.52. The van der Waals surface area contributed by atoms with E-state index in [1.807, 2.05) is 4.90 Å². The van der Waals surface area contributed by atoms with Gasteiger partial charge in [0.15, 0.2) is 11.6 Å². The predicted molar refractivity (Wildman–Crippen MR) is 172 cm³/mol. The van der Waals surface area contributed by atoms with Crippen LogP contribution in [0.1, 0.15) is 58.1 Å². The first-order valence-corrected chi connectivity index (χ1v) is 16.3. The number of carbonyl (C=O) groups excluding carboxylic acids is 3. The lowest BCUT2D eigenvalue weighted by molar-refractivity contribution is -0.136. The van der Waals surface area contributed by atoms with Crippen LogP contribution in [0.3, 0.4) is 0 Å². The maximum absolute atomic E-state index is 16.0.